The van der Waals surface area contributed by atoms with E-state index in [2.05, 4.69) is 27.0 Å². The van der Waals surface area contributed by atoms with Crippen LogP contribution in [0.15, 0.2) is 72.8 Å². The van der Waals surface area contributed by atoms with Crippen molar-refractivity contribution in [2.45, 2.75) is 46.3 Å². The predicted molar refractivity (Wildman–Crippen MR) is 138 cm³/mol. The van der Waals surface area contributed by atoms with E-state index in [1.54, 1.807) is 20.8 Å². The first-order chi connectivity index (χ1) is 17.0. The predicted octanol–water partition coefficient (Wildman–Crippen LogP) is 5.37. The van der Waals surface area contributed by atoms with Crippen LogP contribution in [-0.2, 0) is 29.2 Å². The minimum absolute atomic E-state index is 0.138. The molecule has 194 valence electrons. The molecule has 0 aliphatic heterocycles. The largest absolute Gasteiger partial charge is 0.490 e. The van der Waals surface area contributed by atoms with Crippen LogP contribution in [0, 0.1) is 0 Å². The molecule has 0 saturated carbocycles. The van der Waals surface area contributed by atoms with Crippen LogP contribution in [0.2, 0.25) is 0 Å². The van der Waals surface area contributed by atoms with Crippen LogP contribution in [0.1, 0.15) is 45.7 Å². The highest BCUT2D eigenvalue weighted by molar-refractivity contribution is 5.87. The second-order valence-electron chi connectivity index (χ2n) is 8.91. The maximum absolute atomic E-state index is 11.4. The van der Waals surface area contributed by atoms with E-state index in [1.165, 1.54) is 0 Å². The molecule has 36 heavy (non-hydrogen) atoms. The number of hydrogen-bond donors (Lipinski definition) is 0. The zero-order valence-corrected chi connectivity index (χ0v) is 21.8. The van der Waals surface area contributed by atoms with E-state index in [1.807, 2.05) is 48.5 Å². The smallest absolute Gasteiger partial charge is 0.333 e. The molecule has 0 amide bonds. The summed E-state index contributed by atoms with van der Waals surface area (Å²) < 4.78 is 27.0. The SMILES string of the molecule is C=C(C)C(=O)OCCOc1ccc(C(C)(C)c2ccc(OC(C)OCCOC(=O)C(=C)C)cc2)cc1. The van der Waals surface area contributed by atoms with Gasteiger partial charge >= 0.3 is 11.9 Å². The second-order valence-corrected chi connectivity index (χ2v) is 8.91. The number of rotatable bonds is 14. The maximum Gasteiger partial charge on any atom is 0.333 e. The molecule has 0 radical (unpaired) electrons. The fourth-order valence-electron chi connectivity index (χ4n) is 3.20. The zero-order valence-electron chi connectivity index (χ0n) is 21.8. The number of benzene rings is 2. The van der Waals surface area contributed by atoms with Crippen LogP contribution < -0.4 is 9.47 Å². The van der Waals surface area contributed by atoms with E-state index in [-0.39, 0.29) is 31.8 Å². The lowest BCUT2D eigenvalue weighted by atomic mass is 9.78. The van der Waals surface area contributed by atoms with Crippen LogP contribution in [0.3, 0.4) is 0 Å². The summed E-state index contributed by atoms with van der Waals surface area (Å²) in [5, 5.41) is 0. The van der Waals surface area contributed by atoms with E-state index in [0.717, 1.165) is 11.1 Å². The molecule has 2 aromatic rings. The van der Waals surface area contributed by atoms with Crippen molar-refractivity contribution in [2.24, 2.45) is 0 Å². The Morgan fingerprint density at radius 2 is 1.19 bits per heavy atom. The van der Waals surface area contributed by atoms with Crippen LogP contribution in [0.25, 0.3) is 0 Å². The molecule has 0 bridgehead atoms. The molecule has 7 nitrogen and oxygen atoms in total. The Kier molecular flexibility index (Phi) is 10.7. The Morgan fingerprint density at radius 3 is 1.67 bits per heavy atom. The molecular weight excluding hydrogens is 460 g/mol. The average molecular weight is 497 g/mol. The molecule has 0 saturated heterocycles. The minimum Gasteiger partial charge on any atom is -0.490 e. The third-order valence-electron chi connectivity index (χ3n) is 5.41. The molecule has 2 rings (SSSR count). The van der Waals surface area contributed by atoms with E-state index in [9.17, 15) is 9.59 Å². The van der Waals surface area contributed by atoms with Gasteiger partial charge in [0, 0.05) is 16.6 Å². The fraction of sp³-hybridized carbons (Fsp3) is 0.379. The number of ether oxygens (including phenoxy) is 5. The lowest BCUT2D eigenvalue weighted by molar-refractivity contribution is -0.144. The summed E-state index contributed by atoms with van der Waals surface area (Å²) >= 11 is 0. The highest BCUT2D eigenvalue weighted by atomic mass is 16.7. The molecular formula is C29H36O7. The van der Waals surface area contributed by atoms with E-state index >= 15 is 0 Å². The van der Waals surface area contributed by atoms with Gasteiger partial charge in [-0.3, -0.25) is 0 Å². The van der Waals surface area contributed by atoms with Crippen molar-refractivity contribution in [3.8, 4) is 11.5 Å². The Hall–Kier alpha value is -3.58. The van der Waals surface area contributed by atoms with E-state index < -0.39 is 18.2 Å². The highest BCUT2D eigenvalue weighted by Crippen LogP contribution is 2.33. The Bertz CT molecular complexity index is 1040. The van der Waals surface area contributed by atoms with Gasteiger partial charge in [0.2, 0.25) is 0 Å². The highest BCUT2D eigenvalue weighted by Gasteiger charge is 2.23. The lowest BCUT2D eigenvalue weighted by Crippen LogP contribution is -2.21. The van der Waals surface area contributed by atoms with Crippen LogP contribution in [-0.4, -0.2) is 44.7 Å². The van der Waals surface area contributed by atoms with Gasteiger partial charge in [-0.15, -0.1) is 0 Å². The van der Waals surface area contributed by atoms with Crippen LogP contribution in [0.4, 0.5) is 0 Å². The van der Waals surface area contributed by atoms with Gasteiger partial charge in [-0.05, 0) is 56.2 Å². The third kappa shape index (κ3) is 8.89. The summed E-state index contributed by atoms with van der Waals surface area (Å²) in [5.74, 6) is 0.523. The van der Waals surface area contributed by atoms with Gasteiger partial charge in [-0.1, -0.05) is 51.3 Å². The number of carbonyl (C=O) groups is 2. The maximum atomic E-state index is 11.4. The van der Waals surface area contributed by atoms with Crippen molar-refractivity contribution >= 4 is 11.9 Å². The van der Waals surface area contributed by atoms with Gasteiger partial charge in [0.1, 0.15) is 31.3 Å². The Balaban J connectivity index is 1.85. The summed E-state index contributed by atoms with van der Waals surface area (Å²) in [7, 11) is 0. The van der Waals surface area contributed by atoms with Gasteiger partial charge in [0.25, 0.3) is 0 Å². The molecule has 0 fully saturated rings. The fourth-order valence-corrected chi connectivity index (χ4v) is 3.20. The van der Waals surface area contributed by atoms with Crippen molar-refractivity contribution < 1.29 is 33.3 Å². The molecule has 0 heterocycles. The summed E-state index contributed by atoms with van der Waals surface area (Å²) in [4.78, 5) is 22.8. The average Bonchev–Trinajstić information content (AvgIpc) is 2.84. The number of hydrogen-bond acceptors (Lipinski definition) is 7. The monoisotopic (exact) mass is 496 g/mol. The minimum atomic E-state index is -0.496. The van der Waals surface area contributed by atoms with Crippen molar-refractivity contribution in [2.75, 3.05) is 26.4 Å². The van der Waals surface area contributed by atoms with Crippen LogP contribution >= 0.6 is 0 Å². The number of esters is 2. The van der Waals surface area contributed by atoms with Gasteiger partial charge in [0.05, 0.1) is 6.61 Å². The third-order valence-corrected chi connectivity index (χ3v) is 5.41. The summed E-state index contributed by atoms with van der Waals surface area (Å²) in [6.45, 7) is 17.2. The first-order valence-electron chi connectivity index (χ1n) is 11.8. The van der Waals surface area contributed by atoms with E-state index in [0.29, 0.717) is 22.6 Å². The lowest BCUT2D eigenvalue weighted by Gasteiger charge is -2.26. The Morgan fingerprint density at radius 1 is 0.750 bits per heavy atom. The van der Waals surface area contributed by atoms with Gasteiger partial charge < -0.3 is 23.7 Å². The van der Waals surface area contributed by atoms with Crippen molar-refractivity contribution in [1.29, 1.82) is 0 Å². The zero-order chi connectivity index (χ0) is 26.7. The Labute approximate surface area is 213 Å². The topological polar surface area (TPSA) is 80.3 Å². The summed E-state index contributed by atoms with van der Waals surface area (Å²) in [6, 6.07) is 15.7. The standard InChI is InChI=1S/C29H36O7/c1-20(2)27(30)34-18-16-32-22(5)36-26-14-10-24(11-15-26)29(6,7)23-8-12-25(13-9-23)33-17-19-35-28(31)21(3)4/h8-15,22H,1,3,16-19H2,2,4-7H3. The normalized spacial score (nSPS) is 11.8. The van der Waals surface area contributed by atoms with Crippen LogP contribution in [0.5, 0.6) is 11.5 Å². The first kappa shape index (κ1) is 28.7. The van der Waals surface area contributed by atoms with Crippen molar-refractivity contribution in [3.05, 3.63) is 84.0 Å². The quantitative estimate of drug-likeness (QED) is 0.151. The molecule has 0 aromatic heterocycles. The van der Waals surface area contributed by atoms with Gasteiger partial charge in [-0.25, -0.2) is 9.59 Å². The summed E-state index contributed by atoms with van der Waals surface area (Å²) in [5.41, 5.74) is 2.71. The molecule has 1 atom stereocenters. The first-order valence-corrected chi connectivity index (χ1v) is 11.8. The molecule has 2 aromatic carbocycles. The summed E-state index contributed by atoms with van der Waals surface area (Å²) in [6.07, 6.45) is -0.496. The molecule has 0 aliphatic carbocycles. The van der Waals surface area contributed by atoms with Crippen molar-refractivity contribution in [1.82, 2.24) is 0 Å². The molecule has 0 N–H and O–H groups in total. The number of carbonyl (C=O) groups excluding carboxylic acids is 2. The molecule has 0 spiro atoms. The molecule has 1 unspecified atom stereocenters. The molecule has 0 aliphatic rings. The van der Waals surface area contributed by atoms with Gasteiger partial charge in [0.15, 0.2) is 6.29 Å². The van der Waals surface area contributed by atoms with Gasteiger partial charge in [-0.2, -0.15) is 0 Å². The molecule has 7 heteroatoms. The second kappa shape index (κ2) is 13.5. The van der Waals surface area contributed by atoms with Crippen molar-refractivity contribution in [3.63, 3.8) is 0 Å². The van der Waals surface area contributed by atoms with E-state index in [4.69, 9.17) is 23.7 Å².